The average molecular weight is 285 g/mol. The lowest BCUT2D eigenvalue weighted by molar-refractivity contribution is 0.0380. The second-order valence-electron chi connectivity index (χ2n) is 4.62. The smallest absolute Gasteiger partial charge is 0.102 e. The van der Waals surface area contributed by atoms with E-state index in [9.17, 15) is 10.2 Å². The Morgan fingerprint density at radius 1 is 1.58 bits per heavy atom. The molecule has 1 aliphatic heterocycles. The van der Waals surface area contributed by atoms with E-state index in [-0.39, 0.29) is 11.5 Å². The summed E-state index contributed by atoms with van der Waals surface area (Å²) in [6.45, 7) is 1.89. The summed E-state index contributed by atoms with van der Waals surface area (Å²) < 4.78 is 5.70. The highest BCUT2D eigenvalue weighted by atomic mass is 35.5. The van der Waals surface area contributed by atoms with Gasteiger partial charge in [0.2, 0.25) is 0 Å². The molecule has 0 aliphatic carbocycles. The summed E-state index contributed by atoms with van der Waals surface area (Å²) in [6, 6.07) is 0. The van der Waals surface area contributed by atoms with Crippen molar-refractivity contribution in [2.45, 2.75) is 56.0 Å². The summed E-state index contributed by atoms with van der Waals surface area (Å²) in [5.74, 6) is 2.40. The number of allylic oxidation sites excluding steroid dienone is 2. The molecule has 1 heterocycles. The van der Waals surface area contributed by atoms with Gasteiger partial charge in [0.1, 0.15) is 6.10 Å². The van der Waals surface area contributed by atoms with Crippen molar-refractivity contribution >= 4 is 11.6 Å². The van der Waals surface area contributed by atoms with Crippen LogP contribution < -0.4 is 0 Å². The molecule has 19 heavy (non-hydrogen) atoms. The summed E-state index contributed by atoms with van der Waals surface area (Å²) >= 11 is 6.21. The fraction of sp³-hybridized carbons (Fsp3) is 0.600. The molecule has 0 radical (unpaired) electrons. The molecule has 3 nitrogen and oxygen atoms in total. The Bertz CT molecular complexity index is 359. The van der Waals surface area contributed by atoms with Crippen LogP contribution >= 0.6 is 11.6 Å². The lowest BCUT2D eigenvalue weighted by atomic mass is 10.1. The zero-order valence-corrected chi connectivity index (χ0v) is 11.8. The maximum Gasteiger partial charge on any atom is 0.102 e. The first-order valence-corrected chi connectivity index (χ1v) is 6.97. The van der Waals surface area contributed by atoms with Crippen molar-refractivity contribution in [1.29, 1.82) is 0 Å². The van der Waals surface area contributed by atoms with Crippen molar-refractivity contribution < 1.29 is 14.9 Å². The fourth-order valence-corrected chi connectivity index (χ4v) is 2.18. The van der Waals surface area contributed by atoms with Gasteiger partial charge in [-0.2, -0.15) is 0 Å². The molecule has 0 aromatic rings. The first-order valence-electron chi connectivity index (χ1n) is 6.53. The lowest BCUT2D eigenvalue weighted by Gasteiger charge is -2.15. The van der Waals surface area contributed by atoms with Gasteiger partial charge in [0.05, 0.1) is 23.7 Å². The molecule has 4 heteroatoms. The summed E-state index contributed by atoms with van der Waals surface area (Å²) in [5, 5.41) is 19.1. The summed E-state index contributed by atoms with van der Waals surface area (Å²) in [4.78, 5) is 0. The van der Waals surface area contributed by atoms with E-state index < -0.39 is 18.3 Å². The number of hydrogen-bond acceptors (Lipinski definition) is 3. The highest BCUT2D eigenvalue weighted by molar-refractivity contribution is 6.21. The number of alkyl halides is 1. The molecule has 2 N–H and O–H groups in total. The van der Waals surface area contributed by atoms with Gasteiger partial charge in [-0.3, -0.25) is 0 Å². The molecule has 0 saturated carbocycles. The van der Waals surface area contributed by atoms with E-state index in [0.717, 1.165) is 0 Å². The van der Waals surface area contributed by atoms with Crippen LogP contribution in [0, 0.1) is 12.3 Å². The molecule has 0 spiro atoms. The Hall–Kier alpha value is -0.790. The van der Waals surface area contributed by atoms with E-state index in [4.69, 9.17) is 22.8 Å². The van der Waals surface area contributed by atoms with Crippen molar-refractivity contribution in [3.05, 3.63) is 24.3 Å². The van der Waals surface area contributed by atoms with E-state index in [2.05, 4.69) is 5.92 Å². The monoisotopic (exact) mass is 284 g/mol. The van der Waals surface area contributed by atoms with Crippen LogP contribution in [0.25, 0.3) is 0 Å². The van der Waals surface area contributed by atoms with Crippen LogP contribution in [0.1, 0.15) is 26.2 Å². The number of ether oxygens (including phenoxy) is 1. The van der Waals surface area contributed by atoms with Crippen molar-refractivity contribution in [2.75, 3.05) is 0 Å². The van der Waals surface area contributed by atoms with Gasteiger partial charge in [-0.15, -0.1) is 18.0 Å². The molecule has 0 aromatic carbocycles. The van der Waals surface area contributed by atoms with Crippen LogP contribution in [0.4, 0.5) is 0 Å². The van der Waals surface area contributed by atoms with E-state index in [1.165, 1.54) is 0 Å². The normalized spacial score (nSPS) is 30.8. The zero-order chi connectivity index (χ0) is 14.3. The largest absolute Gasteiger partial charge is 0.390 e. The van der Waals surface area contributed by atoms with Crippen LogP contribution in [0.15, 0.2) is 24.3 Å². The average Bonchev–Trinajstić information content (AvgIpc) is 2.77. The highest BCUT2D eigenvalue weighted by Gasteiger charge is 2.35. The molecule has 1 rings (SSSR count). The lowest BCUT2D eigenvalue weighted by Crippen LogP contribution is -2.21. The Balaban J connectivity index is 2.48. The molecule has 0 aromatic heterocycles. The van der Waals surface area contributed by atoms with Gasteiger partial charge < -0.3 is 14.9 Å². The quantitative estimate of drug-likeness (QED) is 0.446. The van der Waals surface area contributed by atoms with Gasteiger partial charge in [0.25, 0.3) is 0 Å². The Labute approximate surface area is 119 Å². The Morgan fingerprint density at radius 2 is 2.32 bits per heavy atom. The zero-order valence-electron chi connectivity index (χ0n) is 11.1. The van der Waals surface area contributed by atoms with E-state index in [1.54, 1.807) is 18.2 Å². The third-order valence-electron chi connectivity index (χ3n) is 3.10. The Kier molecular flexibility index (Phi) is 7.19. The van der Waals surface area contributed by atoms with Gasteiger partial charge in [-0.1, -0.05) is 31.1 Å². The molecule has 1 aliphatic rings. The van der Waals surface area contributed by atoms with E-state index in [0.29, 0.717) is 19.3 Å². The van der Waals surface area contributed by atoms with E-state index >= 15 is 0 Å². The van der Waals surface area contributed by atoms with Crippen LogP contribution in [0.2, 0.25) is 0 Å². The summed E-state index contributed by atoms with van der Waals surface area (Å²) in [7, 11) is 0. The maximum atomic E-state index is 9.90. The van der Waals surface area contributed by atoms with Crippen LogP contribution in [0.3, 0.4) is 0 Å². The third kappa shape index (κ3) is 5.38. The molecule has 0 amide bonds. The third-order valence-corrected chi connectivity index (χ3v) is 3.56. The van der Waals surface area contributed by atoms with Crippen molar-refractivity contribution in [3.63, 3.8) is 0 Å². The number of halogens is 1. The van der Waals surface area contributed by atoms with Crippen molar-refractivity contribution in [1.82, 2.24) is 0 Å². The molecular weight excluding hydrogens is 264 g/mol. The van der Waals surface area contributed by atoms with Gasteiger partial charge in [0, 0.05) is 6.42 Å². The number of terminal acetylenes is 1. The van der Waals surface area contributed by atoms with Crippen LogP contribution in [-0.2, 0) is 4.74 Å². The first kappa shape index (κ1) is 16.3. The van der Waals surface area contributed by atoms with E-state index in [1.807, 2.05) is 13.0 Å². The first-order chi connectivity index (χ1) is 9.08. The van der Waals surface area contributed by atoms with Crippen molar-refractivity contribution in [3.8, 4) is 12.3 Å². The predicted molar refractivity (Wildman–Crippen MR) is 77.0 cm³/mol. The minimum Gasteiger partial charge on any atom is -0.390 e. The van der Waals surface area contributed by atoms with Gasteiger partial charge >= 0.3 is 0 Å². The summed E-state index contributed by atoms with van der Waals surface area (Å²) in [5.41, 5.74) is 0. The van der Waals surface area contributed by atoms with Crippen LogP contribution in [0.5, 0.6) is 0 Å². The maximum absolute atomic E-state index is 9.90. The minimum absolute atomic E-state index is 0.201. The second kappa shape index (κ2) is 8.39. The molecule has 1 fully saturated rings. The SMILES string of the molecule is C#CC=CCC(Cl)C1CC(O)C(C=CC(O)CC)O1. The van der Waals surface area contributed by atoms with Gasteiger partial charge in [-0.05, 0) is 18.9 Å². The molecule has 0 bridgehead atoms. The molecular formula is C15H21ClO3. The highest BCUT2D eigenvalue weighted by Crippen LogP contribution is 2.28. The number of aliphatic hydroxyl groups excluding tert-OH is 2. The molecule has 1 saturated heterocycles. The molecule has 5 unspecified atom stereocenters. The van der Waals surface area contributed by atoms with Gasteiger partial charge in [-0.25, -0.2) is 0 Å². The predicted octanol–water partition coefficient (Wildman–Crippen LogP) is 2.02. The molecule has 106 valence electrons. The Morgan fingerprint density at radius 3 is 2.95 bits per heavy atom. The molecule has 5 atom stereocenters. The number of hydrogen-bond donors (Lipinski definition) is 2. The van der Waals surface area contributed by atoms with Gasteiger partial charge in [0.15, 0.2) is 0 Å². The number of aliphatic hydroxyl groups is 2. The fourth-order valence-electron chi connectivity index (χ4n) is 1.92. The topological polar surface area (TPSA) is 49.7 Å². The van der Waals surface area contributed by atoms with Crippen molar-refractivity contribution in [2.24, 2.45) is 0 Å². The second-order valence-corrected chi connectivity index (χ2v) is 5.18. The standard InChI is InChI=1S/C15H21ClO3/c1-3-5-6-7-12(16)15-10-13(18)14(19-15)9-8-11(17)4-2/h1,5-6,8-9,11-15,17-18H,4,7,10H2,2H3. The summed E-state index contributed by atoms with van der Waals surface area (Å²) in [6.07, 6.45) is 12.0. The minimum atomic E-state index is -0.580. The number of rotatable bonds is 6. The van der Waals surface area contributed by atoms with Crippen LogP contribution in [-0.4, -0.2) is 40.0 Å².